The molecule has 1 N–H and O–H groups in total. The van der Waals surface area contributed by atoms with Crippen molar-refractivity contribution >= 4 is 17.7 Å². The minimum atomic E-state index is -1.05. The Morgan fingerprint density at radius 3 is 2.62 bits per heavy atom. The summed E-state index contributed by atoms with van der Waals surface area (Å²) in [6.45, 7) is 2.61. The van der Waals surface area contributed by atoms with E-state index in [9.17, 15) is 14.4 Å². The SMILES string of the molecule is CC(=O)c1ccc(OCCCC(=O)N2CCOC(C(=O)O)C2)cc1. The largest absolute Gasteiger partial charge is 0.494 e. The Hall–Kier alpha value is -2.41. The van der Waals surface area contributed by atoms with Gasteiger partial charge in [-0.25, -0.2) is 4.79 Å². The lowest BCUT2D eigenvalue weighted by Gasteiger charge is -2.30. The Labute approximate surface area is 140 Å². The summed E-state index contributed by atoms with van der Waals surface area (Å²) in [5.41, 5.74) is 0.623. The van der Waals surface area contributed by atoms with Crippen LogP contribution in [0.1, 0.15) is 30.1 Å². The first-order valence-electron chi connectivity index (χ1n) is 7.83. The highest BCUT2D eigenvalue weighted by molar-refractivity contribution is 5.94. The van der Waals surface area contributed by atoms with E-state index in [4.69, 9.17) is 14.6 Å². The van der Waals surface area contributed by atoms with Crippen LogP contribution < -0.4 is 4.74 Å². The fraction of sp³-hybridized carbons (Fsp3) is 0.471. The highest BCUT2D eigenvalue weighted by Gasteiger charge is 2.28. The van der Waals surface area contributed by atoms with E-state index in [0.717, 1.165) is 0 Å². The quantitative estimate of drug-likeness (QED) is 0.597. The maximum Gasteiger partial charge on any atom is 0.334 e. The highest BCUT2D eigenvalue weighted by Crippen LogP contribution is 2.13. The van der Waals surface area contributed by atoms with Gasteiger partial charge in [-0.15, -0.1) is 0 Å². The first kappa shape index (κ1) is 17.9. The fourth-order valence-corrected chi connectivity index (χ4v) is 2.38. The molecule has 0 saturated carbocycles. The van der Waals surface area contributed by atoms with Crippen molar-refractivity contribution in [2.24, 2.45) is 0 Å². The van der Waals surface area contributed by atoms with Crippen molar-refractivity contribution in [1.82, 2.24) is 4.90 Å². The van der Waals surface area contributed by atoms with Gasteiger partial charge in [0.25, 0.3) is 0 Å². The number of amides is 1. The standard InChI is InChI=1S/C17H21NO6/c1-12(19)13-4-6-14(7-5-13)23-9-2-3-16(20)18-8-10-24-15(11-18)17(21)22/h4-7,15H,2-3,8-11H2,1H3,(H,21,22). The predicted octanol–water partition coefficient (Wildman–Crippen LogP) is 1.36. The summed E-state index contributed by atoms with van der Waals surface area (Å²) in [5, 5.41) is 8.93. The van der Waals surface area contributed by atoms with Crippen molar-refractivity contribution in [2.45, 2.75) is 25.9 Å². The number of ether oxygens (including phenoxy) is 2. The van der Waals surface area contributed by atoms with E-state index in [2.05, 4.69) is 0 Å². The van der Waals surface area contributed by atoms with Crippen molar-refractivity contribution in [1.29, 1.82) is 0 Å². The highest BCUT2D eigenvalue weighted by atomic mass is 16.5. The average molecular weight is 335 g/mol. The molecule has 0 aromatic heterocycles. The van der Waals surface area contributed by atoms with Crippen molar-refractivity contribution in [2.75, 3.05) is 26.3 Å². The summed E-state index contributed by atoms with van der Waals surface area (Å²) in [6, 6.07) is 6.83. The smallest absolute Gasteiger partial charge is 0.334 e. The van der Waals surface area contributed by atoms with E-state index >= 15 is 0 Å². The molecule has 1 atom stereocenters. The Balaban J connectivity index is 1.70. The van der Waals surface area contributed by atoms with E-state index in [0.29, 0.717) is 30.9 Å². The average Bonchev–Trinajstić information content (AvgIpc) is 2.59. The van der Waals surface area contributed by atoms with Crippen LogP contribution in [-0.4, -0.2) is 60.1 Å². The minimum absolute atomic E-state index is 0.00248. The molecular formula is C17H21NO6. The number of carbonyl (C=O) groups is 3. The Kier molecular flexibility index (Phi) is 6.31. The monoisotopic (exact) mass is 335 g/mol. The number of morpholine rings is 1. The Morgan fingerprint density at radius 2 is 2.00 bits per heavy atom. The predicted molar refractivity (Wildman–Crippen MR) is 85.1 cm³/mol. The molecule has 7 heteroatoms. The number of rotatable bonds is 7. The molecule has 7 nitrogen and oxygen atoms in total. The summed E-state index contributed by atoms with van der Waals surface area (Å²) in [6.07, 6.45) is -0.126. The van der Waals surface area contributed by atoms with E-state index in [1.807, 2.05) is 0 Å². The molecule has 1 aromatic rings. The molecule has 1 amide bonds. The first-order chi connectivity index (χ1) is 11.5. The van der Waals surface area contributed by atoms with Gasteiger partial charge >= 0.3 is 5.97 Å². The number of carboxylic acids is 1. The molecule has 24 heavy (non-hydrogen) atoms. The van der Waals surface area contributed by atoms with Crippen LogP contribution in [0.4, 0.5) is 0 Å². The topological polar surface area (TPSA) is 93.1 Å². The van der Waals surface area contributed by atoms with Crippen LogP contribution in [0.25, 0.3) is 0 Å². The van der Waals surface area contributed by atoms with Crippen LogP contribution in [0, 0.1) is 0 Å². The molecule has 1 fully saturated rings. The number of Topliss-reactive ketones (excluding diaryl/α,β-unsaturated/α-hetero) is 1. The van der Waals surface area contributed by atoms with Crippen LogP contribution in [0.15, 0.2) is 24.3 Å². The number of benzene rings is 1. The molecule has 130 valence electrons. The zero-order chi connectivity index (χ0) is 17.5. The molecular weight excluding hydrogens is 314 g/mol. The van der Waals surface area contributed by atoms with E-state index in [1.54, 1.807) is 24.3 Å². The first-order valence-corrected chi connectivity index (χ1v) is 7.83. The summed E-state index contributed by atoms with van der Waals surface area (Å²) >= 11 is 0. The molecule has 1 aliphatic rings. The molecule has 1 aromatic carbocycles. The van der Waals surface area contributed by atoms with Crippen molar-refractivity contribution < 1.29 is 29.0 Å². The minimum Gasteiger partial charge on any atom is -0.494 e. The summed E-state index contributed by atoms with van der Waals surface area (Å²) in [4.78, 5) is 35.7. The number of hydrogen-bond donors (Lipinski definition) is 1. The number of ketones is 1. The Bertz CT molecular complexity index is 598. The van der Waals surface area contributed by atoms with Crippen molar-refractivity contribution in [3.63, 3.8) is 0 Å². The lowest BCUT2D eigenvalue weighted by Crippen LogP contribution is -2.48. The van der Waals surface area contributed by atoms with Gasteiger partial charge < -0.3 is 19.5 Å². The molecule has 1 aliphatic heterocycles. The number of nitrogens with zero attached hydrogens (tertiary/aromatic N) is 1. The van der Waals surface area contributed by atoms with E-state index < -0.39 is 12.1 Å². The van der Waals surface area contributed by atoms with Gasteiger partial charge in [-0.3, -0.25) is 9.59 Å². The van der Waals surface area contributed by atoms with Gasteiger partial charge in [0.15, 0.2) is 11.9 Å². The normalized spacial score (nSPS) is 17.4. The van der Waals surface area contributed by atoms with E-state index in [1.165, 1.54) is 11.8 Å². The summed E-state index contributed by atoms with van der Waals surface area (Å²) in [5.74, 6) is -0.507. The van der Waals surface area contributed by atoms with Gasteiger partial charge in [-0.1, -0.05) is 0 Å². The number of hydrogen-bond acceptors (Lipinski definition) is 5. The zero-order valence-electron chi connectivity index (χ0n) is 13.6. The van der Waals surface area contributed by atoms with Gasteiger partial charge in [0.05, 0.1) is 19.8 Å². The van der Waals surface area contributed by atoms with Crippen LogP contribution in [0.5, 0.6) is 5.75 Å². The molecule has 1 saturated heterocycles. The lowest BCUT2D eigenvalue weighted by atomic mass is 10.1. The fourth-order valence-electron chi connectivity index (χ4n) is 2.38. The van der Waals surface area contributed by atoms with Crippen LogP contribution in [-0.2, 0) is 14.3 Å². The molecule has 1 unspecified atom stereocenters. The van der Waals surface area contributed by atoms with Crippen molar-refractivity contribution in [3.8, 4) is 5.75 Å². The van der Waals surface area contributed by atoms with Crippen LogP contribution in [0.2, 0.25) is 0 Å². The Morgan fingerprint density at radius 1 is 1.29 bits per heavy atom. The zero-order valence-corrected chi connectivity index (χ0v) is 13.6. The van der Waals surface area contributed by atoms with E-state index in [-0.39, 0.29) is 31.3 Å². The van der Waals surface area contributed by atoms with Gasteiger partial charge in [-0.05, 0) is 37.6 Å². The third-order valence-corrected chi connectivity index (χ3v) is 3.76. The van der Waals surface area contributed by atoms with Crippen LogP contribution in [0.3, 0.4) is 0 Å². The summed E-state index contributed by atoms with van der Waals surface area (Å²) < 4.78 is 10.6. The molecule has 1 heterocycles. The van der Waals surface area contributed by atoms with Crippen LogP contribution >= 0.6 is 0 Å². The second kappa shape index (κ2) is 8.44. The molecule has 0 aliphatic carbocycles. The molecule has 2 rings (SSSR count). The maximum atomic E-state index is 12.1. The third-order valence-electron chi connectivity index (χ3n) is 3.76. The molecule has 0 bridgehead atoms. The number of aliphatic carboxylic acids is 1. The lowest BCUT2D eigenvalue weighted by molar-refractivity contribution is -0.159. The third kappa shape index (κ3) is 5.06. The number of carboxylic acid groups (broad SMARTS) is 1. The maximum absolute atomic E-state index is 12.1. The number of carbonyl (C=O) groups excluding carboxylic acids is 2. The molecule has 0 radical (unpaired) electrons. The van der Waals surface area contributed by atoms with Crippen molar-refractivity contribution in [3.05, 3.63) is 29.8 Å². The van der Waals surface area contributed by atoms with Gasteiger partial charge in [0, 0.05) is 18.5 Å². The van der Waals surface area contributed by atoms with Gasteiger partial charge in [0.1, 0.15) is 5.75 Å². The molecule has 0 spiro atoms. The van der Waals surface area contributed by atoms with Gasteiger partial charge in [-0.2, -0.15) is 0 Å². The second-order valence-electron chi connectivity index (χ2n) is 5.57. The summed E-state index contributed by atoms with van der Waals surface area (Å²) in [7, 11) is 0. The van der Waals surface area contributed by atoms with Gasteiger partial charge in [0.2, 0.25) is 5.91 Å². The second-order valence-corrected chi connectivity index (χ2v) is 5.57.